The van der Waals surface area contributed by atoms with Crippen molar-refractivity contribution in [2.24, 2.45) is 11.7 Å². The van der Waals surface area contributed by atoms with Gasteiger partial charge in [0.25, 0.3) is 0 Å². The smallest absolute Gasteiger partial charge is 0.223 e. The van der Waals surface area contributed by atoms with Crippen molar-refractivity contribution in [3.05, 3.63) is 24.2 Å². The summed E-state index contributed by atoms with van der Waals surface area (Å²) in [5.74, 6) is 1.48. The zero-order valence-electron chi connectivity index (χ0n) is 10.3. The number of carbonyl (C=O) groups excluding carboxylic acids is 1. The summed E-state index contributed by atoms with van der Waals surface area (Å²) in [6, 6.07) is 3.99. The zero-order chi connectivity index (χ0) is 12.3. The molecule has 2 unspecified atom stereocenters. The van der Waals surface area contributed by atoms with E-state index in [-0.39, 0.29) is 11.9 Å². The molecule has 2 N–H and O–H groups in total. The maximum Gasteiger partial charge on any atom is 0.223 e. The summed E-state index contributed by atoms with van der Waals surface area (Å²) in [6.45, 7) is 3.69. The average molecular weight is 236 g/mol. The van der Waals surface area contributed by atoms with Gasteiger partial charge in [-0.05, 0) is 24.5 Å². The lowest BCUT2D eigenvalue weighted by Crippen LogP contribution is -2.48. The lowest BCUT2D eigenvalue weighted by Gasteiger charge is -2.35. The van der Waals surface area contributed by atoms with Crippen LogP contribution in [0.4, 0.5) is 0 Å². The highest BCUT2D eigenvalue weighted by Crippen LogP contribution is 2.16. The Morgan fingerprint density at radius 3 is 3.12 bits per heavy atom. The molecule has 0 spiro atoms. The minimum atomic E-state index is 0.208. The maximum atomic E-state index is 12.0. The van der Waals surface area contributed by atoms with Gasteiger partial charge in [-0.3, -0.25) is 4.79 Å². The summed E-state index contributed by atoms with van der Waals surface area (Å²) in [5, 5.41) is 0. The minimum Gasteiger partial charge on any atom is -0.469 e. The highest BCUT2D eigenvalue weighted by Gasteiger charge is 2.25. The molecule has 0 aromatic carbocycles. The highest BCUT2D eigenvalue weighted by molar-refractivity contribution is 5.76. The van der Waals surface area contributed by atoms with Crippen molar-refractivity contribution >= 4 is 5.91 Å². The van der Waals surface area contributed by atoms with Gasteiger partial charge in [-0.15, -0.1) is 0 Å². The molecule has 1 fully saturated rings. The summed E-state index contributed by atoms with van der Waals surface area (Å²) in [6.07, 6.45) is 3.76. The van der Waals surface area contributed by atoms with Crippen molar-refractivity contribution in [1.82, 2.24) is 4.90 Å². The van der Waals surface area contributed by atoms with Crippen LogP contribution in [0.2, 0.25) is 0 Å². The number of furan rings is 1. The molecule has 1 amide bonds. The molecule has 4 nitrogen and oxygen atoms in total. The molecular weight excluding hydrogens is 216 g/mol. The molecule has 0 saturated carbocycles. The van der Waals surface area contributed by atoms with Crippen LogP contribution in [0.25, 0.3) is 0 Å². The van der Waals surface area contributed by atoms with Crippen molar-refractivity contribution < 1.29 is 9.21 Å². The highest BCUT2D eigenvalue weighted by atomic mass is 16.3. The van der Waals surface area contributed by atoms with Crippen LogP contribution < -0.4 is 5.73 Å². The Labute approximate surface area is 102 Å². The first-order chi connectivity index (χ1) is 8.16. The van der Waals surface area contributed by atoms with Crippen molar-refractivity contribution in [3.8, 4) is 0 Å². The molecule has 0 aliphatic carbocycles. The molecule has 1 aliphatic heterocycles. The van der Waals surface area contributed by atoms with E-state index >= 15 is 0 Å². The number of nitrogens with zero attached hydrogens (tertiary/aromatic N) is 1. The third-order valence-corrected chi connectivity index (χ3v) is 3.49. The van der Waals surface area contributed by atoms with Gasteiger partial charge in [-0.1, -0.05) is 6.92 Å². The second kappa shape index (κ2) is 5.36. The van der Waals surface area contributed by atoms with Crippen LogP contribution in [0.1, 0.15) is 25.5 Å². The summed E-state index contributed by atoms with van der Waals surface area (Å²) in [7, 11) is 0. The molecule has 1 saturated heterocycles. The number of likely N-dealkylation sites (tertiary alicyclic amines) is 1. The van der Waals surface area contributed by atoms with Crippen LogP contribution in [-0.2, 0) is 11.2 Å². The van der Waals surface area contributed by atoms with E-state index in [1.165, 1.54) is 0 Å². The normalized spacial score (nSPS) is 24.9. The molecule has 1 aliphatic rings. The standard InChI is InChI=1S/C13H20N2O2/c1-10-9-15(7-6-12(10)14)13(16)5-4-11-3-2-8-17-11/h2-3,8,10,12H,4-7,9,14H2,1H3. The van der Waals surface area contributed by atoms with Gasteiger partial charge in [0.2, 0.25) is 5.91 Å². The van der Waals surface area contributed by atoms with Crippen molar-refractivity contribution in [2.75, 3.05) is 13.1 Å². The molecule has 1 aromatic heterocycles. The molecule has 2 heterocycles. The van der Waals surface area contributed by atoms with Crippen LogP contribution in [0.15, 0.2) is 22.8 Å². The van der Waals surface area contributed by atoms with Crippen LogP contribution >= 0.6 is 0 Å². The largest absolute Gasteiger partial charge is 0.469 e. The second-order valence-corrected chi connectivity index (χ2v) is 4.85. The lowest BCUT2D eigenvalue weighted by atomic mass is 9.94. The average Bonchev–Trinajstić information content (AvgIpc) is 2.82. The number of hydrogen-bond acceptors (Lipinski definition) is 3. The number of carbonyl (C=O) groups is 1. The van der Waals surface area contributed by atoms with Crippen molar-refractivity contribution in [3.63, 3.8) is 0 Å². The van der Waals surface area contributed by atoms with E-state index in [0.717, 1.165) is 25.3 Å². The van der Waals surface area contributed by atoms with Crippen molar-refractivity contribution in [1.29, 1.82) is 0 Å². The quantitative estimate of drug-likeness (QED) is 0.863. The Hall–Kier alpha value is -1.29. The predicted octanol–water partition coefficient (Wildman–Crippen LogP) is 1.41. The number of amides is 1. The van der Waals surface area contributed by atoms with Crippen molar-refractivity contribution in [2.45, 2.75) is 32.2 Å². The van der Waals surface area contributed by atoms with E-state index in [1.807, 2.05) is 17.0 Å². The lowest BCUT2D eigenvalue weighted by molar-refractivity contribution is -0.133. The van der Waals surface area contributed by atoms with Gasteiger partial charge in [0, 0.05) is 32.0 Å². The SMILES string of the molecule is CC1CN(C(=O)CCc2ccco2)CCC1N. The Kier molecular flexibility index (Phi) is 3.84. The maximum absolute atomic E-state index is 12.0. The number of nitrogens with two attached hydrogens (primary N) is 1. The van der Waals surface area contributed by atoms with Gasteiger partial charge >= 0.3 is 0 Å². The Bertz CT molecular complexity index is 362. The van der Waals surface area contributed by atoms with Gasteiger partial charge in [0.15, 0.2) is 0 Å². The Balaban J connectivity index is 1.80. The second-order valence-electron chi connectivity index (χ2n) is 4.85. The predicted molar refractivity (Wildman–Crippen MR) is 65.4 cm³/mol. The Morgan fingerprint density at radius 2 is 2.47 bits per heavy atom. The van der Waals surface area contributed by atoms with Gasteiger partial charge in [-0.25, -0.2) is 0 Å². The van der Waals surface area contributed by atoms with E-state index in [4.69, 9.17) is 10.2 Å². The monoisotopic (exact) mass is 236 g/mol. The molecule has 2 rings (SSSR count). The van der Waals surface area contributed by atoms with E-state index in [9.17, 15) is 4.79 Å². The molecule has 4 heteroatoms. The topological polar surface area (TPSA) is 59.5 Å². The van der Waals surface area contributed by atoms with Crippen LogP contribution in [0.3, 0.4) is 0 Å². The summed E-state index contributed by atoms with van der Waals surface area (Å²) in [5.41, 5.74) is 5.94. The van der Waals surface area contributed by atoms with Crippen LogP contribution in [-0.4, -0.2) is 29.9 Å². The molecule has 2 atom stereocenters. The minimum absolute atomic E-state index is 0.208. The van der Waals surface area contributed by atoms with Gasteiger partial charge in [0.1, 0.15) is 5.76 Å². The van der Waals surface area contributed by atoms with E-state index < -0.39 is 0 Å². The third kappa shape index (κ3) is 3.09. The number of piperidine rings is 1. The number of rotatable bonds is 3. The summed E-state index contributed by atoms with van der Waals surface area (Å²) in [4.78, 5) is 13.9. The zero-order valence-corrected chi connectivity index (χ0v) is 10.3. The van der Waals surface area contributed by atoms with Gasteiger partial charge in [-0.2, -0.15) is 0 Å². The van der Waals surface area contributed by atoms with E-state index in [2.05, 4.69) is 6.92 Å². The molecular formula is C13H20N2O2. The summed E-state index contributed by atoms with van der Waals surface area (Å²) < 4.78 is 5.22. The van der Waals surface area contributed by atoms with Crippen LogP contribution in [0, 0.1) is 5.92 Å². The molecule has 1 aromatic rings. The fourth-order valence-corrected chi connectivity index (χ4v) is 2.23. The van der Waals surface area contributed by atoms with E-state index in [1.54, 1.807) is 6.26 Å². The van der Waals surface area contributed by atoms with Gasteiger partial charge < -0.3 is 15.1 Å². The Morgan fingerprint density at radius 1 is 1.65 bits per heavy atom. The van der Waals surface area contributed by atoms with Gasteiger partial charge in [0.05, 0.1) is 6.26 Å². The third-order valence-electron chi connectivity index (χ3n) is 3.49. The molecule has 94 valence electrons. The van der Waals surface area contributed by atoms with E-state index in [0.29, 0.717) is 18.8 Å². The fraction of sp³-hybridized carbons (Fsp3) is 0.615. The first-order valence-electron chi connectivity index (χ1n) is 6.22. The molecule has 0 bridgehead atoms. The molecule has 0 radical (unpaired) electrons. The first-order valence-corrected chi connectivity index (χ1v) is 6.22. The number of hydrogen-bond donors (Lipinski definition) is 1. The molecule has 17 heavy (non-hydrogen) atoms. The first kappa shape index (κ1) is 12.2. The number of aryl methyl sites for hydroxylation is 1. The van der Waals surface area contributed by atoms with Crippen LogP contribution in [0.5, 0.6) is 0 Å². The fourth-order valence-electron chi connectivity index (χ4n) is 2.23. The summed E-state index contributed by atoms with van der Waals surface area (Å²) >= 11 is 0.